The topological polar surface area (TPSA) is 81.9 Å². The van der Waals surface area contributed by atoms with Gasteiger partial charge in [0.15, 0.2) is 0 Å². The molecule has 0 aromatic heterocycles. The van der Waals surface area contributed by atoms with Crippen molar-refractivity contribution in [3.63, 3.8) is 0 Å². The van der Waals surface area contributed by atoms with Gasteiger partial charge in [0, 0.05) is 62.5 Å². The van der Waals surface area contributed by atoms with Crippen molar-refractivity contribution in [1.29, 1.82) is 0 Å². The molecule has 7 nitrogen and oxygen atoms in total. The number of primary amides is 1. The van der Waals surface area contributed by atoms with Crippen LogP contribution >= 0.6 is 0 Å². The van der Waals surface area contributed by atoms with Gasteiger partial charge in [0.2, 0.25) is 5.91 Å². The summed E-state index contributed by atoms with van der Waals surface area (Å²) in [6, 6.07) is 16.3. The van der Waals surface area contributed by atoms with E-state index in [0.717, 1.165) is 69.2 Å². The average Bonchev–Trinajstić information content (AvgIpc) is 2.84. The molecule has 33 heavy (non-hydrogen) atoms. The molecule has 2 aromatic carbocycles. The zero-order chi connectivity index (χ0) is 23.4. The lowest BCUT2D eigenvalue weighted by atomic mass is 9.96. The smallest absolute Gasteiger partial charge is 0.255 e. The van der Waals surface area contributed by atoms with E-state index in [0.29, 0.717) is 11.6 Å². The Balaban J connectivity index is 1.39. The second-order valence-electron chi connectivity index (χ2n) is 9.30. The normalized spacial score (nSPS) is 17.9. The van der Waals surface area contributed by atoms with E-state index in [-0.39, 0.29) is 17.7 Å². The van der Waals surface area contributed by atoms with Crippen molar-refractivity contribution in [2.45, 2.75) is 32.7 Å². The standard InChI is InChI=1S/C26H35N5O2/c1-19(2)29-15-17-30(18-16-29)22-9-7-21(8-10-22)26(33)28-23-5-3-4-6-24(23)31-13-11-20(12-14-31)25(27)32/h3-10,19-20H,11-18H2,1-2H3,(H2,27,32)(H,28,33). The fourth-order valence-electron chi connectivity index (χ4n) is 4.77. The van der Waals surface area contributed by atoms with Crippen molar-refractivity contribution in [3.8, 4) is 0 Å². The third kappa shape index (κ3) is 5.47. The first-order valence-corrected chi connectivity index (χ1v) is 12.0. The molecule has 0 saturated carbocycles. The fourth-order valence-corrected chi connectivity index (χ4v) is 4.77. The minimum atomic E-state index is -0.221. The Hall–Kier alpha value is -3.06. The molecule has 0 bridgehead atoms. The van der Waals surface area contributed by atoms with Crippen molar-refractivity contribution < 1.29 is 9.59 Å². The maximum atomic E-state index is 13.0. The van der Waals surface area contributed by atoms with Crippen molar-refractivity contribution in [2.24, 2.45) is 11.7 Å². The molecule has 176 valence electrons. The molecule has 2 aliphatic rings. The molecule has 2 amide bonds. The van der Waals surface area contributed by atoms with E-state index in [1.807, 2.05) is 48.5 Å². The lowest BCUT2D eigenvalue weighted by Gasteiger charge is -2.38. The van der Waals surface area contributed by atoms with E-state index < -0.39 is 0 Å². The Morgan fingerprint density at radius 1 is 0.879 bits per heavy atom. The summed E-state index contributed by atoms with van der Waals surface area (Å²) in [5.41, 5.74) is 9.03. The first-order valence-electron chi connectivity index (χ1n) is 12.0. The Kier molecular flexibility index (Phi) is 7.18. The molecule has 4 rings (SSSR count). The van der Waals surface area contributed by atoms with Crippen LogP contribution in [0.3, 0.4) is 0 Å². The van der Waals surface area contributed by atoms with Crippen LogP contribution in [0.2, 0.25) is 0 Å². The van der Waals surface area contributed by atoms with Gasteiger partial charge >= 0.3 is 0 Å². The fraction of sp³-hybridized carbons (Fsp3) is 0.462. The van der Waals surface area contributed by atoms with Crippen molar-refractivity contribution >= 4 is 28.9 Å². The molecule has 2 aliphatic heterocycles. The highest BCUT2D eigenvalue weighted by molar-refractivity contribution is 6.06. The number of carbonyl (C=O) groups excluding carboxylic acids is 2. The summed E-state index contributed by atoms with van der Waals surface area (Å²) >= 11 is 0. The van der Waals surface area contributed by atoms with E-state index in [1.54, 1.807) is 0 Å². The second kappa shape index (κ2) is 10.3. The van der Waals surface area contributed by atoms with Crippen LogP contribution in [0.4, 0.5) is 17.1 Å². The predicted molar refractivity (Wildman–Crippen MR) is 134 cm³/mol. The SMILES string of the molecule is CC(C)N1CCN(c2ccc(C(=O)Nc3ccccc3N3CCC(C(N)=O)CC3)cc2)CC1. The maximum Gasteiger partial charge on any atom is 0.255 e. The van der Waals surface area contributed by atoms with Crippen LogP contribution in [0, 0.1) is 5.92 Å². The predicted octanol–water partition coefficient (Wildman–Crippen LogP) is 3.17. The Labute approximate surface area is 196 Å². The minimum Gasteiger partial charge on any atom is -0.370 e. The lowest BCUT2D eigenvalue weighted by molar-refractivity contribution is -0.122. The van der Waals surface area contributed by atoms with Crippen LogP contribution in [0.25, 0.3) is 0 Å². The summed E-state index contributed by atoms with van der Waals surface area (Å²) in [5.74, 6) is -0.401. The van der Waals surface area contributed by atoms with Crippen molar-refractivity contribution in [1.82, 2.24) is 4.90 Å². The summed E-state index contributed by atoms with van der Waals surface area (Å²) in [4.78, 5) is 31.5. The van der Waals surface area contributed by atoms with Crippen LogP contribution in [-0.4, -0.2) is 62.0 Å². The van der Waals surface area contributed by atoms with E-state index in [2.05, 4.69) is 33.9 Å². The van der Waals surface area contributed by atoms with Crippen LogP contribution in [0.5, 0.6) is 0 Å². The summed E-state index contributed by atoms with van der Waals surface area (Å²) in [6.07, 6.45) is 1.48. The third-order valence-corrected chi connectivity index (χ3v) is 6.93. The van der Waals surface area contributed by atoms with Gasteiger partial charge in [-0.1, -0.05) is 12.1 Å². The number of nitrogens with two attached hydrogens (primary N) is 1. The van der Waals surface area contributed by atoms with Crippen LogP contribution in [-0.2, 0) is 4.79 Å². The van der Waals surface area contributed by atoms with E-state index in [9.17, 15) is 9.59 Å². The molecule has 7 heteroatoms. The molecule has 0 spiro atoms. The van der Waals surface area contributed by atoms with Gasteiger partial charge in [0.1, 0.15) is 0 Å². The highest BCUT2D eigenvalue weighted by Gasteiger charge is 2.25. The number of nitrogens with zero attached hydrogens (tertiary/aromatic N) is 3. The zero-order valence-corrected chi connectivity index (χ0v) is 19.7. The summed E-state index contributed by atoms with van der Waals surface area (Å²) < 4.78 is 0. The van der Waals surface area contributed by atoms with Gasteiger partial charge in [-0.25, -0.2) is 0 Å². The molecule has 0 unspecified atom stereocenters. The quantitative estimate of drug-likeness (QED) is 0.708. The van der Waals surface area contributed by atoms with Gasteiger partial charge in [-0.05, 0) is 63.1 Å². The van der Waals surface area contributed by atoms with Gasteiger partial charge in [-0.2, -0.15) is 0 Å². The highest BCUT2D eigenvalue weighted by Crippen LogP contribution is 2.30. The first-order chi connectivity index (χ1) is 15.9. The number of hydrogen-bond acceptors (Lipinski definition) is 5. The number of para-hydroxylation sites is 2. The van der Waals surface area contributed by atoms with E-state index >= 15 is 0 Å². The number of benzene rings is 2. The van der Waals surface area contributed by atoms with Crippen LogP contribution < -0.4 is 20.9 Å². The molecule has 0 radical (unpaired) electrons. The monoisotopic (exact) mass is 449 g/mol. The number of amides is 2. The van der Waals surface area contributed by atoms with Crippen LogP contribution in [0.15, 0.2) is 48.5 Å². The van der Waals surface area contributed by atoms with Crippen molar-refractivity contribution in [2.75, 3.05) is 54.4 Å². The third-order valence-electron chi connectivity index (χ3n) is 6.93. The largest absolute Gasteiger partial charge is 0.370 e. The molecule has 2 aromatic rings. The van der Waals surface area contributed by atoms with E-state index in [1.165, 1.54) is 0 Å². The highest BCUT2D eigenvalue weighted by atomic mass is 16.2. The molecule has 2 heterocycles. The number of carbonyl (C=O) groups is 2. The van der Waals surface area contributed by atoms with Gasteiger partial charge in [-0.3, -0.25) is 14.5 Å². The Morgan fingerprint density at radius 2 is 1.52 bits per heavy atom. The summed E-state index contributed by atoms with van der Waals surface area (Å²) in [7, 11) is 0. The van der Waals surface area contributed by atoms with Gasteiger partial charge in [0.25, 0.3) is 5.91 Å². The zero-order valence-electron chi connectivity index (χ0n) is 19.7. The molecule has 0 atom stereocenters. The molecule has 0 aliphatic carbocycles. The summed E-state index contributed by atoms with van der Waals surface area (Å²) in [6.45, 7) is 10.1. The maximum absolute atomic E-state index is 13.0. The number of nitrogens with one attached hydrogen (secondary N) is 1. The molecule has 2 saturated heterocycles. The van der Waals surface area contributed by atoms with Gasteiger partial charge in [-0.15, -0.1) is 0 Å². The van der Waals surface area contributed by atoms with Crippen LogP contribution in [0.1, 0.15) is 37.0 Å². The average molecular weight is 450 g/mol. The summed E-state index contributed by atoms with van der Waals surface area (Å²) in [5, 5.41) is 3.08. The molecule has 3 N–H and O–H groups in total. The van der Waals surface area contributed by atoms with Crippen molar-refractivity contribution in [3.05, 3.63) is 54.1 Å². The minimum absolute atomic E-state index is 0.0603. The molecule has 2 fully saturated rings. The number of piperidine rings is 1. The number of hydrogen-bond donors (Lipinski definition) is 2. The number of piperazine rings is 1. The van der Waals surface area contributed by atoms with E-state index in [4.69, 9.17) is 5.73 Å². The lowest BCUT2D eigenvalue weighted by Crippen LogP contribution is -2.48. The second-order valence-corrected chi connectivity index (χ2v) is 9.30. The molecular formula is C26H35N5O2. The Bertz CT molecular complexity index is 959. The molecular weight excluding hydrogens is 414 g/mol. The Morgan fingerprint density at radius 3 is 2.12 bits per heavy atom. The number of anilines is 3. The number of rotatable bonds is 6. The first kappa shape index (κ1) is 23.1. The van der Waals surface area contributed by atoms with Gasteiger partial charge < -0.3 is 20.9 Å². The van der Waals surface area contributed by atoms with Gasteiger partial charge in [0.05, 0.1) is 11.4 Å².